The second-order valence-electron chi connectivity index (χ2n) is 5.45. The molecule has 0 saturated heterocycles. The van der Waals surface area contributed by atoms with E-state index in [0.29, 0.717) is 0 Å². The molecule has 1 nitrogen and oxygen atoms in total. The maximum Gasteiger partial charge on any atom is 0.141 e. The first-order valence-electron chi connectivity index (χ1n) is 6.75. The van der Waals surface area contributed by atoms with Crippen molar-refractivity contribution in [2.45, 2.75) is 22.0 Å². The van der Waals surface area contributed by atoms with Crippen LogP contribution in [0.25, 0.3) is 0 Å². The lowest BCUT2D eigenvalue weighted by atomic mass is 9.90. The maximum absolute atomic E-state index is 6.47. The van der Waals surface area contributed by atoms with E-state index in [1.54, 1.807) is 0 Å². The van der Waals surface area contributed by atoms with E-state index < -0.39 is 22.0 Å². The average molecular weight is 616 g/mol. The molecule has 0 spiro atoms. The number of hydrogen-bond donors (Lipinski definition) is 0. The fourth-order valence-electron chi connectivity index (χ4n) is 2.45. The molecule has 0 saturated carbocycles. The Kier molecular flexibility index (Phi) is 9.02. The lowest BCUT2D eigenvalue weighted by molar-refractivity contribution is -0.0852. The summed E-state index contributed by atoms with van der Waals surface area (Å²) in [6, 6.07) is 0. The van der Waals surface area contributed by atoms with Gasteiger partial charge in [-0.3, -0.25) is 0 Å². The fraction of sp³-hybridized carbons (Fsp3) is 0.429. The highest BCUT2D eigenvalue weighted by molar-refractivity contribution is 6.55. The van der Waals surface area contributed by atoms with Gasteiger partial charge in [-0.15, -0.1) is 46.4 Å². The first-order valence-corrected chi connectivity index (χ1v) is 11.7. The van der Waals surface area contributed by atoms with E-state index in [1.807, 2.05) is 0 Å². The quantitative estimate of drug-likeness (QED) is 0.287. The predicted octanol–water partition coefficient (Wildman–Crippen LogP) is 8.96. The highest BCUT2D eigenvalue weighted by Gasteiger charge is 2.58. The molecular weight excluding hydrogens is 610 g/mol. The van der Waals surface area contributed by atoms with Crippen molar-refractivity contribution in [1.29, 1.82) is 0 Å². The van der Waals surface area contributed by atoms with Crippen molar-refractivity contribution < 1.29 is 4.74 Å². The summed E-state index contributed by atoms with van der Waals surface area (Å²) < 4.78 is 6.20. The molecule has 0 aliphatic heterocycles. The molecular formula is C14H6Cl12O. The topological polar surface area (TPSA) is 9.23 Å². The Morgan fingerprint density at radius 2 is 0.889 bits per heavy atom. The summed E-state index contributed by atoms with van der Waals surface area (Å²) in [7, 11) is 0. The van der Waals surface area contributed by atoms with E-state index in [-0.39, 0.29) is 52.0 Å². The number of ether oxygens (including phenoxy) is 1. The zero-order valence-corrected chi connectivity index (χ0v) is 21.6. The molecule has 152 valence electrons. The summed E-state index contributed by atoms with van der Waals surface area (Å²) >= 11 is 75.0. The summed E-state index contributed by atoms with van der Waals surface area (Å²) in [5.41, 5.74) is -3.39. The van der Waals surface area contributed by atoms with Crippen LogP contribution in [0.3, 0.4) is 0 Å². The SMILES string of the molecule is ClCC1(OC2(CCl)C(Cl)=C(Cl)C(Cl)=C(Cl)C2Cl)C(Cl)=C(Cl)C(Cl)=C(Cl)C1Cl. The minimum atomic E-state index is -1.70. The van der Waals surface area contributed by atoms with Crippen molar-refractivity contribution in [2.24, 2.45) is 0 Å². The minimum Gasteiger partial charge on any atom is -0.351 e. The molecule has 4 atom stereocenters. The molecule has 2 rings (SSSR count). The molecule has 0 N–H and O–H groups in total. The number of hydrogen-bond acceptors (Lipinski definition) is 1. The number of alkyl halides is 4. The van der Waals surface area contributed by atoms with Gasteiger partial charge < -0.3 is 4.74 Å². The fourth-order valence-corrected chi connectivity index (χ4v) is 6.62. The molecule has 0 aromatic carbocycles. The van der Waals surface area contributed by atoms with Gasteiger partial charge in [-0.2, -0.15) is 0 Å². The number of halogens is 12. The van der Waals surface area contributed by atoms with Gasteiger partial charge in [-0.05, 0) is 0 Å². The maximum atomic E-state index is 6.47. The monoisotopic (exact) mass is 610 g/mol. The smallest absolute Gasteiger partial charge is 0.141 e. The molecule has 0 aromatic heterocycles. The molecule has 0 fully saturated rings. The van der Waals surface area contributed by atoms with Gasteiger partial charge in [0.25, 0.3) is 0 Å². The molecule has 2 aliphatic carbocycles. The predicted molar refractivity (Wildman–Crippen MR) is 122 cm³/mol. The molecule has 13 heteroatoms. The van der Waals surface area contributed by atoms with Crippen molar-refractivity contribution in [3.8, 4) is 0 Å². The van der Waals surface area contributed by atoms with Crippen LogP contribution in [0.2, 0.25) is 0 Å². The molecule has 0 heterocycles. The van der Waals surface area contributed by atoms with Gasteiger partial charge in [0.2, 0.25) is 0 Å². The van der Waals surface area contributed by atoms with Crippen LogP contribution in [0.15, 0.2) is 40.3 Å². The third-order valence-electron chi connectivity index (χ3n) is 3.96. The number of rotatable bonds is 4. The van der Waals surface area contributed by atoms with Crippen LogP contribution >= 0.6 is 139 Å². The van der Waals surface area contributed by atoms with Crippen molar-refractivity contribution in [2.75, 3.05) is 11.8 Å². The van der Waals surface area contributed by atoms with Crippen molar-refractivity contribution in [3.63, 3.8) is 0 Å². The Morgan fingerprint density at radius 3 is 1.15 bits per heavy atom. The van der Waals surface area contributed by atoms with Gasteiger partial charge >= 0.3 is 0 Å². The molecule has 0 aromatic rings. The van der Waals surface area contributed by atoms with Gasteiger partial charge in [-0.1, -0.05) is 92.8 Å². The zero-order chi connectivity index (χ0) is 20.9. The van der Waals surface area contributed by atoms with E-state index in [1.165, 1.54) is 0 Å². The molecule has 0 amide bonds. The van der Waals surface area contributed by atoms with Crippen LogP contribution in [-0.4, -0.2) is 33.7 Å². The van der Waals surface area contributed by atoms with Crippen molar-refractivity contribution in [1.82, 2.24) is 0 Å². The van der Waals surface area contributed by atoms with Gasteiger partial charge in [0.15, 0.2) is 0 Å². The number of allylic oxidation sites excluding steroid dienone is 4. The van der Waals surface area contributed by atoms with E-state index in [2.05, 4.69) is 0 Å². The van der Waals surface area contributed by atoms with Gasteiger partial charge in [-0.25, -0.2) is 0 Å². The van der Waals surface area contributed by atoms with Gasteiger partial charge in [0.1, 0.15) is 22.0 Å². The van der Waals surface area contributed by atoms with E-state index >= 15 is 0 Å². The summed E-state index contributed by atoms with van der Waals surface area (Å²) in [6.07, 6.45) is 0. The standard InChI is InChI=1S/C14H6Cl12O/c15-1-13(9(23)5(19)3(17)6(20)10(13)24)27-14(2-16)11(25)7(21)4(18)8(22)12(14)26/h9,11H,1-2H2. The second-order valence-corrected chi connectivity index (χ2v) is 9.94. The highest BCUT2D eigenvalue weighted by Crippen LogP contribution is 2.55. The molecule has 0 bridgehead atoms. The molecule has 27 heavy (non-hydrogen) atoms. The zero-order valence-electron chi connectivity index (χ0n) is 12.5. The minimum absolute atomic E-state index is 0.0362. The van der Waals surface area contributed by atoms with Crippen molar-refractivity contribution >= 4 is 139 Å². The summed E-state index contributed by atoms with van der Waals surface area (Å²) in [5, 5.41) is -2.87. The van der Waals surface area contributed by atoms with Gasteiger partial charge in [0, 0.05) is 0 Å². The van der Waals surface area contributed by atoms with E-state index in [9.17, 15) is 0 Å². The summed E-state index contributed by atoms with van der Waals surface area (Å²) in [6.45, 7) is 0. The van der Waals surface area contributed by atoms with Crippen LogP contribution in [0, 0.1) is 0 Å². The van der Waals surface area contributed by atoms with Crippen molar-refractivity contribution in [3.05, 3.63) is 40.3 Å². The Morgan fingerprint density at radius 1 is 0.593 bits per heavy atom. The van der Waals surface area contributed by atoms with Crippen LogP contribution in [0.5, 0.6) is 0 Å². The third-order valence-corrected chi connectivity index (χ3v) is 10.1. The average Bonchev–Trinajstić information content (AvgIpc) is 2.68. The van der Waals surface area contributed by atoms with Crippen LogP contribution in [-0.2, 0) is 4.74 Å². The summed E-state index contributed by atoms with van der Waals surface area (Å²) in [4.78, 5) is 0. The van der Waals surface area contributed by atoms with Crippen LogP contribution in [0.4, 0.5) is 0 Å². The van der Waals surface area contributed by atoms with Crippen LogP contribution in [0.1, 0.15) is 0 Å². The molecule has 4 unspecified atom stereocenters. The largest absolute Gasteiger partial charge is 0.351 e. The van der Waals surface area contributed by atoms with E-state index in [4.69, 9.17) is 144 Å². The lowest BCUT2D eigenvalue weighted by Gasteiger charge is -2.48. The second kappa shape index (κ2) is 9.49. The Labute approximate surface area is 215 Å². The van der Waals surface area contributed by atoms with Crippen LogP contribution < -0.4 is 0 Å². The van der Waals surface area contributed by atoms with E-state index in [0.717, 1.165) is 0 Å². The highest BCUT2D eigenvalue weighted by atomic mass is 35.5. The molecule has 0 radical (unpaired) electrons. The Bertz CT molecular complexity index is 719. The Balaban J connectivity index is 2.71. The third kappa shape index (κ3) is 3.99. The normalized spacial score (nSPS) is 35.6. The lowest BCUT2D eigenvalue weighted by Crippen LogP contribution is -2.58. The molecule has 2 aliphatic rings. The van der Waals surface area contributed by atoms with Gasteiger partial charge in [0.05, 0.1) is 52.0 Å². The summed E-state index contributed by atoms with van der Waals surface area (Å²) in [5.74, 6) is -0.620. The first kappa shape index (κ1) is 25.7. The Hall–Kier alpha value is 2.40. The first-order chi connectivity index (χ1) is 12.4.